The van der Waals surface area contributed by atoms with Crippen molar-refractivity contribution in [2.45, 2.75) is 33.5 Å². The molecule has 25 heavy (non-hydrogen) atoms. The van der Waals surface area contributed by atoms with Crippen LogP contribution >= 0.6 is 0 Å². The molecule has 0 aliphatic heterocycles. The number of hydrogen-bond acceptors (Lipinski definition) is 1. The summed E-state index contributed by atoms with van der Waals surface area (Å²) in [6, 6.07) is 6.06. The first kappa shape index (κ1) is 18.8. The molecule has 0 aliphatic rings. The fourth-order valence-corrected chi connectivity index (χ4v) is 2.37. The van der Waals surface area contributed by atoms with Crippen LogP contribution in [-0.4, -0.2) is 6.03 Å². The minimum atomic E-state index is -4.78. The van der Waals surface area contributed by atoms with E-state index in [1.165, 1.54) is 6.07 Å². The molecule has 0 spiro atoms. The Kier molecular flexibility index (Phi) is 5.35. The van der Waals surface area contributed by atoms with E-state index in [0.717, 1.165) is 22.8 Å². The van der Waals surface area contributed by atoms with Gasteiger partial charge in [0.2, 0.25) is 0 Å². The number of halogens is 4. The number of urea groups is 1. The summed E-state index contributed by atoms with van der Waals surface area (Å²) in [6.45, 7) is 5.32. The highest BCUT2D eigenvalue weighted by molar-refractivity contribution is 5.90. The van der Waals surface area contributed by atoms with Gasteiger partial charge in [-0.15, -0.1) is 0 Å². The molecule has 0 unspecified atom stereocenters. The Morgan fingerprint density at radius 3 is 2.32 bits per heavy atom. The van der Waals surface area contributed by atoms with Crippen LogP contribution in [0, 0.1) is 26.6 Å². The van der Waals surface area contributed by atoms with E-state index in [1.54, 1.807) is 6.07 Å². The third-order valence-corrected chi connectivity index (χ3v) is 3.91. The molecular formula is C18H18F4N2O. The standard InChI is InChI=1S/C18H18F4N2O/c1-10-7-12(3)15(8-11(10)2)24-17(25)23-9-13-5-4-6-14(16(13)19)18(20,21)22/h4-8H,9H2,1-3H3,(H2,23,24,25). The number of hydrogen-bond donors (Lipinski definition) is 2. The van der Waals surface area contributed by atoms with Gasteiger partial charge in [-0.2, -0.15) is 13.2 Å². The molecule has 2 rings (SSSR count). The Morgan fingerprint density at radius 2 is 1.68 bits per heavy atom. The Balaban J connectivity index is 2.07. The maximum Gasteiger partial charge on any atom is 0.419 e. The van der Waals surface area contributed by atoms with E-state index in [-0.39, 0.29) is 12.1 Å². The second-order valence-corrected chi connectivity index (χ2v) is 5.84. The number of amides is 2. The Bertz CT molecular complexity index is 800. The largest absolute Gasteiger partial charge is 0.419 e. The van der Waals surface area contributed by atoms with Crippen molar-refractivity contribution in [3.8, 4) is 0 Å². The van der Waals surface area contributed by atoms with Gasteiger partial charge in [0.1, 0.15) is 5.82 Å². The third-order valence-electron chi connectivity index (χ3n) is 3.91. The molecular weight excluding hydrogens is 336 g/mol. The first-order valence-electron chi connectivity index (χ1n) is 7.57. The Morgan fingerprint density at radius 1 is 1.04 bits per heavy atom. The van der Waals surface area contributed by atoms with Crippen LogP contribution in [0.25, 0.3) is 0 Å². The maximum absolute atomic E-state index is 13.9. The first-order chi connectivity index (χ1) is 11.6. The Hall–Kier alpha value is -2.57. The van der Waals surface area contributed by atoms with Crippen LogP contribution in [0.2, 0.25) is 0 Å². The number of nitrogens with one attached hydrogen (secondary N) is 2. The van der Waals surface area contributed by atoms with E-state index in [0.29, 0.717) is 11.8 Å². The van der Waals surface area contributed by atoms with Crippen molar-refractivity contribution < 1.29 is 22.4 Å². The van der Waals surface area contributed by atoms with Gasteiger partial charge in [0.05, 0.1) is 5.56 Å². The minimum Gasteiger partial charge on any atom is -0.334 e. The first-order valence-corrected chi connectivity index (χ1v) is 7.57. The van der Waals surface area contributed by atoms with Crippen molar-refractivity contribution in [2.75, 3.05) is 5.32 Å². The van der Waals surface area contributed by atoms with E-state index < -0.39 is 23.6 Å². The van der Waals surface area contributed by atoms with Crippen molar-refractivity contribution >= 4 is 11.7 Å². The predicted molar refractivity (Wildman–Crippen MR) is 87.9 cm³/mol. The van der Waals surface area contributed by atoms with Crippen molar-refractivity contribution in [3.05, 3.63) is 64.0 Å². The summed E-state index contributed by atoms with van der Waals surface area (Å²) in [7, 11) is 0. The van der Waals surface area contributed by atoms with Crippen LogP contribution in [0.4, 0.5) is 28.0 Å². The van der Waals surface area contributed by atoms with E-state index in [4.69, 9.17) is 0 Å². The molecule has 134 valence electrons. The summed E-state index contributed by atoms with van der Waals surface area (Å²) in [4.78, 5) is 12.0. The van der Waals surface area contributed by atoms with Crippen molar-refractivity contribution in [3.63, 3.8) is 0 Å². The molecule has 3 nitrogen and oxygen atoms in total. The molecule has 2 aromatic carbocycles. The summed E-state index contributed by atoms with van der Waals surface area (Å²) in [5.74, 6) is -1.38. The van der Waals surface area contributed by atoms with Gasteiger partial charge in [-0.1, -0.05) is 18.2 Å². The summed E-state index contributed by atoms with van der Waals surface area (Å²) in [5.41, 5.74) is 1.92. The number of carbonyl (C=O) groups is 1. The molecule has 2 amide bonds. The lowest BCUT2D eigenvalue weighted by molar-refractivity contribution is -0.140. The Labute approximate surface area is 143 Å². The van der Waals surface area contributed by atoms with Gasteiger partial charge in [0.25, 0.3) is 0 Å². The monoisotopic (exact) mass is 354 g/mol. The normalized spacial score (nSPS) is 11.3. The molecule has 0 bridgehead atoms. The van der Waals surface area contributed by atoms with Crippen LogP contribution in [0.3, 0.4) is 0 Å². The molecule has 0 aromatic heterocycles. The van der Waals surface area contributed by atoms with Crippen molar-refractivity contribution in [2.24, 2.45) is 0 Å². The molecule has 0 fully saturated rings. The number of aryl methyl sites for hydroxylation is 3. The lowest BCUT2D eigenvalue weighted by atomic mass is 10.1. The maximum atomic E-state index is 13.9. The lowest BCUT2D eigenvalue weighted by Crippen LogP contribution is -2.29. The molecule has 0 atom stereocenters. The quantitative estimate of drug-likeness (QED) is 0.741. The molecule has 0 saturated heterocycles. The van der Waals surface area contributed by atoms with E-state index in [1.807, 2.05) is 26.8 Å². The zero-order valence-corrected chi connectivity index (χ0v) is 14.0. The summed E-state index contributed by atoms with van der Waals surface area (Å²) in [5, 5.41) is 4.99. The second-order valence-electron chi connectivity index (χ2n) is 5.84. The highest BCUT2D eigenvalue weighted by atomic mass is 19.4. The fourth-order valence-electron chi connectivity index (χ4n) is 2.37. The number of alkyl halides is 3. The molecule has 7 heteroatoms. The van der Waals surface area contributed by atoms with Gasteiger partial charge in [0, 0.05) is 17.8 Å². The van der Waals surface area contributed by atoms with Gasteiger partial charge in [-0.25, -0.2) is 9.18 Å². The molecule has 0 aliphatic carbocycles. The molecule has 2 N–H and O–H groups in total. The zero-order chi connectivity index (χ0) is 18.8. The summed E-state index contributed by atoms with van der Waals surface area (Å²) >= 11 is 0. The topological polar surface area (TPSA) is 41.1 Å². The highest BCUT2D eigenvalue weighted by Crippen LogP contribution is 2.32. The summed E-state index contributed by atoms with van der Waals surface area (Å²) < 4.78 is 52.0. The fraction of sp³-hybridized carbons (Fsp3) is 0.278. The third kappa shape index (κ3) is 4.49. The van der Waals surface area contributed by atoms with E-state index in [2.05, 4.69) is 10.6 Å². The molecule has 0 heterocycles. The number of anilines is 1. The van der Waals surface area contributed by atoms with Crippen LogP contribution in [0.1, 0.15) is 27.8 Å². The highest BCUT2D eigenvalue weighted by Gasteiger charge is 2.34. The van der Waals surface area contributed by atoms with Crippen LogP contribution in [-0.2, 0) is 12.7 Å². The molecule has 0 radical (unpaired) electrons. The SMILES string of the molecule is Cc1cc(C)c(NC(=O)NCc2cccc(C(F)(F)F)c2F)cc1C. The van der Waals surface area contributed by atoms with Gasteiger partial charge in [0.15, 0.2) is 0 Å². The average Bonchev–Trinajstić information content (AvgIpc) is 2.50. The summed E-state index contributed by atoms with van der Waals surface area (Å²) in [6.07, 6.45) is -4.78. The number of rotatable bonds is 3. The zero-order valence-electron chi connectivity index (χ0n) is 14.0. The van der Waals surface area contributed by atoms with Crippen molar-refractivity contribution in [1.82, 2.24) is 5.32 Å². The lowest BCUT2D eigenvalue weighted by Gasteiger charge is -2.14. The smallest absolute Gasteiger partial charge is 0.334 e. The van der Waals surface area contributed by atoms with Crippen LogP contribution in [0.5, 0.6) is 0 Å². The van der Waals surface area contributed by atoms with Crippen molar-refractivity contribution in [1.29, 1.82) is 0 Å². The van der Waals surface area contributed by atoms with E-state index >= 15 is 0 Å². The average molecular weight is 354 g/mol. The van der Waals surface area contributed by atoms with Gasteiger partial charge in [-0.05, 0) is 49.6 Å². The second kappa shape index (κ2) is 7.13. The minimum absolute atomic E-state index is 0.234. The van der Waals surface area contributed by atoms with E-state index in [9.17, 15) is 22.4 Å². The number of benzene rings is 2. The van der Waals surface area contributed by atoms with Gasteiger partial charge < -0.3 is 10.6 Å². The van der Waals surface area contributed by atoms with Crippen LogP contribution in [0.15, 0.2) is 30.3 Å². The predicted octanol–water partition coefficient (Wildman–Crippen LogP) is 5.09. The van der Waals surface area contributed by atoms with Gasteiger partial charge in [-0.3, -0.25) is 0 Å². The van der Waals surface area contributed by atoms with Crippen LogP contribution < -0.4 is 10.6 Å². The molecule has 0 saturated carbocycles. The number of carbonyl (C=O) groups excluding carboxylic acids is 1. The van der Waals surface area contributed by atoms with Gasteiger partial charge >= 0.3 is 12.2 Å². The molecule has 2 aromatic rings.